The molecule has 4 N–H and O–H groups in total. The molecule has 0 radical (unpaired) electrons. The van der Waals surface area contributed by atoms with Crippen LogP contribution in [-0.2, 0) is 14.3 Å². The van der Waals surface area contributed by atoms with Crippen molar-refractivity contribution in [2.24, 2.45) is 16.7 Å². The van der Waals surface area contributed by atoms with Crippen LogP contribution in [0, 0.1) is 16.7 Å². The van der Waals surface area contributed by atoms with Crippen molar-refractivity contribution in [3.63, 3.8) is 0 Å². The molecule has 1 spiro atoms. The zero-order valence-electron chi connectivity index (χ0n) is 12.9. The maximum atomic E-state index is 12.2. The number of carbonyl (C=O) groups is 1. The van der Waals surface area contributed by atoms with Gasteiger partial charge in [-0.3, -0.25) is 0 Å². The summed E-state index contributed by atoms with van der Waals surface area (Å²) in [6, 6.07) is 0. The smallest absolute Gasteiger partial charge is 0.335 e. The van der Waals surface area contributed by atoms with E-state index in [4.69, 9.17) is 9.47 Å². The van der Waals surface area contributed by atoms with Gasteiger partial charge in [-0.1, -0.05) is 13.8 Å². The van der Waals surface area contributed by atoms with Crippen LogP contribution in [0.15, 0.2) is 0 Å². The Morgan fingerprint density at radius 3 is 2.50 bits per heavy atom. The topological polar surface area (TPSA) is 116 Å². The maximum absolute atomic E-state index is 12.2. The van der Waals surface area contributed by atoms with Crippen molar-refractivity contribution in [3.05, 3.63) is 0 Å². The second kappa shape index (κ2) is 3.52. The lowest BCUT2D eigenvalue weighted by atomic mass is 9.47. The normalized spacial score (nSPS) is 66.1. The third-order valence-corrected chi connectivity index (χ3v) is 7.45. The predicted molar refractivity (Wildman–Crippen MR) is 71.3 cm³/mol. The van der Waals surface area contributed by atoms with Gasteiger partial charge in [0.05, 0.1) is 17.1 Å². The van der Waals surface area contributed by atoms with E-state index in [2.05, 4.69) is 0 Å². The van der Waals surface area contributed by atoms with Crippen LogP contribution in [0.3, 0.4) is 0 Å². The van der Waals surface area contributed by atoms with Crippen molar-refractivity contribution in [1.29, 1.82) is 0 Å². The summed E-state index contributed by atoms with van der Waals surface area (Å²) in [6.07, 6.45) is -2.28. The van der Waals surface area contributed by atoms with Crippen LogP contribution in [-0.4, -0.2) is 62.2 Å². The fraction of sp³-hybridized carbons (Fsp3) is 0.933. The molecular formula is C15H22O7. The quantitative estimate of drug-likeness (QED) is 0.420. The molecule has 2 bridgehead atoms. The van der Waals surface area contributed by atoms with E-state index in [-0.39, 0.29) is 19.4 Å². The minimum absolute atomic E-state index is 0.114. The zero-order valence-corrected chi connectivity index (χ0v) is 12.9. The summed E-state index contributed by atoms with van der Waals surface area (Å²) in [5.41, 5.74) is -5.20. The minimum atomic E-state index is -1.88. The van der Waals surface area contributed by atoms with E-state index in [1.54, 1.807) is 13.8 Å². The lowest BCUT2D eigenvalue weighted by molar-refractivity contribution is -0.258. The van der Waals surface area contributed by atoms with E-state index in [0.717, 1.165) is 0 Å². The van der Waals surface area contributed by atoms with E-state index in [0.29, 0.717) is 0 Å². The molecule has 1 saturated carbocycles. The molecule has 0 amide bonds. The summed E-state index contributed by atoms with van der Waals surface area (Å²) >= 11 is 0. The predicted octanol–water partition coefficient (Wildman–Crippen LogP) is -1.09. The molecule has 7 nitrogen and oxygen atoms in total. The fourth-order valence-corrected chi connectivity index (χ4v) is 5.81. The molecule has 3 saturated heterocycles. The number of hydrogen-bond donors (Lipinski definition) is 4. The van der Waals surface area contributed by atoms with Gasteiger partial charge in [0.2, 0.25) is 0 Å². The van der Waals surface area contributed by atoms with Gasteiger partial charge >= 0.3 is 5.97 Å². The number of aliphatic hydroxyl groups is 4. The summed E-state index contributed by atoms with van der Waals surface area (Å²) in [5.74, 6) is -3.15. The number of carbonyl (C=O) groups excluding carboxylic acids is 1. The third-order valence-electron chi connectivity index (χ3n) is 7.45. The van der Waals surface area contributed by atoms with Gasteiger partial charge in [0, 0.05) is 18.3 Å². The van der Waals surface area contributed by atoms with Gasteiger partial charge in [0.1, 0.15) is 12.2 Å². The van der Waals surface area contributed by atoms with Crippen molar-refractivity contribution in [1.82, 2.24) is 0 Å². The molecule has 3 heterocycles. The number of rotatable bonds is 0. The Bertz CT molecular complexity index is 576. The number of cyclic esters (lactones) is 1. The molecule has 4 fully saturated rings. The van der Waals surface area contributed by atoms with Crippen LogP contribution >= 0.6 is 0 Å². The Kier molecular flexibility index (Phi) is 2.37. The molecule has 124 valence electrons. The van der Waals surface area contributed by atoms with E-state index in [9.17, 15) is 25.2 Å². The van der Waals surface area contributed by atoms with E-state index < -0.39 is 51.9 Å². The summed E-state index contributed by atoms with van der Waals surface area (Å²) < 4.78 is 11.1. The first-order valence-corrected chi connectivity index (χ1v) is 7.67. The monoisotopic (exact) mass is 314 g/mol. The Balaban J connectivity index is 2.05. The second-order valence-electron chi connectivity index (χ2n) is 7.91. The molecule has 0 aromatic heterocycles. The number of hydrogen-bond acceptors (Lipinski definition) is 7. The largest absolute Gasteiger partial charge is 0.463 e. The summed E-state index contributed by atoms with van der Waals surface area (Å²) in [5, 5.41) is 43.0. The van der Waals surface area contributed by atoms with Gasteiger partial charge in [-0.25, -0.2) is 4.79 Å². The first-order chi connectivity index (χ1) is 9.99. The van der Waals surface area contributed by atoms with Crippen LogP contribution in [0.25, 0.3) is 0 Å². The molecule has 4 rings (SSSR count). The molecule has 3 aliphatic heterocycles. The van der Waals surface area contributed by atoms with Gasteiger partial charge in [-0.15, -0.1) is 0 Å². The number of esters is 1. The van der Waals surface area contributed by atoms with Crippen LogP contribution in [0.5, 0.6) is 0 Å². The molecule has 8 atom stereocenters. The van der Waals surface area contributed by atoms with Crippen molar-refractivity contribution in [2.75, 3.05) is 6.61 Å². The highest BCUT2D eigenvalue weighted by atomic mass is 16.7. The standard InChI is InChI=1S/C15H22O7/c1-7-8(16)4-14-11(2)6-21-10(18)9(17)13(7,14)5-15(20,22-14)12(11,3)19/h7-9,16-17,19-20H,4-6H2,1-3H3/t7-,8+,9+,11-,12-,13+,14+,15+/m1/s1. The zero-order chi connectivity index (χ0) is 16.3. The van der Waals surface area contributed by atoms with Gasteiger partial charge in [-0.05, 0) is 12.8 Å². The van der Waals surface area contributed by atoms with Crippen molar-refractivity contribution in [3.8, 4) is 0 Å². The summed E-state index contributed by atoms with van der Waals surface area (Å²) in [4.78, 5) is 12.2. The molecule has 22 heavy (non-hydrogen) atoms. The molecule has 7 heteroatoms. The Morgan fingerprint density at radius 1 is 1.23 bits per heavy atom. The first-order valence-electron chi connectivity index (χ1n) is 7.67. The lowest BCUT2D eigenvalue weighted by Crippen LogP contribution is -2.69. The van der Waals surface area contributed by atoms with E-state index in [1.807, 2.05) is 0 Å². The number of fused-ring (bicyclic) bond motifs is 1. The Hall–Kier alpha value is -0.730. The van der Waals surface area contributed by atoms with Crippen LogP contribution < -0.4 is 0 Å². The maximum Gasteiger partial charge on any atom is 0.335 e. The third kappa shape index (κ3) is 1.05. The lowest BCUT2D eigenvalue weighted by Gasteiger charge is -2.55. The van der Waals surface area contributed by atoms with E-state index in [1.165, 1.54) is 6.92 Å². The van der Waals surface area contributed by atoms with Crippen LogP contribution in [0.2, 0.25) is 0 Å². The average molecular weight is 314 g/mol. The molecule has 0 aromatic carbocycles. The van der Waals surface area contributed by atoms with Gasteiger partial charge in [0.15, 0.2) is 11.9 Å². The van der Waals surface area contributed by atoms with Crippen molar-refractivity contribution >= 4 is 5.97 Å². The summed E-state index contributed by atoms with van der Waals surface area (Å²) in [6.45, 7) is 4.71. The Morgan fingerprint density at radius 2 is 1.86 bits per heavy atom. The molecule has 0 unspecified atom stereocenters. The highest BCUT2D eigenvalue weighted by Gasteiger charge is 2.91. The second-order valence-corrected chi connectivity index (χ2v) is 7.91. The van der Waals surface area contributed by atoms with Crippen molar-refractivity contribution in [2.45, 2.75) is 62.8 Å². The van der Waals surface area contributed by atoms with Gasteiger partial charge in [-0.2, -0.15) is 0 Å². The highest BCUT2D eigenvalue weighted by molar-refractivity contribution is 5.77. The van der Waals surface area contributed by atoms with Gasteiger partial charge in [0.25, 0.3) is 0 Å². The van der Waals surface area contributed by atoms with Crippen LogP contribution in [0.4, 0.5) is 0 Å². The Labute approximate surface area is 127 Å². The number of ether oxygens (including phenoxy) is 2. The highest BCUT2D eigenvalue weighted by Crippen LogP contribution is 2.79. The fourth-order valence-electron chi connectivity index (χ4n) is 5.81. The molecular weight excluding hydrogens is 292 g/mol. The summed E-state index contributed by atoms with van der Waals surface area (Å²) in [7, 11) is 0. The number of aliphatic hydroxyl groups excluding tert-OH is 2. The SMILES string of the molecule is C[C@@H]1[C@@H](O)C[C@@]23O[C@@]4(O)C[C@@]12[C@@H](O)C(=O)OC[C@]3(C)[C@@]4(C)O. The first kappa shape index (κ1) is 14.8. The molecule has 1 aliphatic carbocycles. The molecule has 0 aromatic rings. The minimum Gasteiger partial charge on any atom is -0.463 e. The van der Waals surface area contributed by atoms with Crippen molar-refractivity contribution < 1.29 is 34.7 Å². The molecule has 4 aliphatic rings. The average Bonchev–Trinajstić information content (AvgIpc) is 2.86. The van der Waals surface area contributed by atoms with Crippen LogP contribution in [0.1, 0.15) is 33.6 Å². The van der Waals surface area contributed by atoms with E-state index >= 15 is 0 Å². The van der Waals surface area contributed by atoms with Gasteiger partial charge < -0.3 is 29.9 Å².